The summed E-state index contributed by atoms with van der Waals surface area (Å²) in [4.78, 5) is 10.9. The lowest BCUT2D eigenvalue weighted by Gasteiger charge is -2.10. The lowest BCUT2D eigenvalue weighted by molar-refractivity contribution is -0.137. The van der Waals surface area contributed by atoms with Crippen molar-refractivity contribution >= 4 is 5.78 Å². The Morgan fingerprint density at radius 3 is 2.12 bits per heavy atom. The first-order valence-electron chi connectivity index (χ1n) is 4.23. The highest BCUT2D eigenvalue weighted by atomic mass is 19.4. The molecule has 0 aliphatic rings. The van der Waals surface area contributed by atoms with Gasteiger partial charge in [-0.3, -0.25) is 4.79 Å². The molecule has 0 unspecified atom stereocenters. The zero-order valence-corrected chi connectivity index (χ0v) is 8.11. The fourth-order valence-corrected chi connectivity index (χ4v) is 1.14. The van der Waals surface area contributed by atoms with Crippen molar-refractivity contribution in [3.8, 4) is 0 Å². The van der Waals surface area contributed by atoms with E-state index in [0.717, 1.165) is 13.0 Å². The molecule has 88 valence electrons. The van der Waals surface area contributed by atoms with Gasteiger partial charge in [-0.15, -0.1) is 0 Å². The van der Waals surface area contributed by atoms with Gasteiger partial charge in [0.1, 0.15) is 0 Å². The summed E-state index contributed by atoms with van der Waals surface area (Å²) in [5.41, 5.74) is -2.42. The van der Waals surface area contributed by atoms with E-state index in [0.29, 0.717) is 12.1 Å². The maximum atomic E-state index is 12.3. The minimum atomic E-state index is -4.74. The number of ketones is 1. The summed E-state index contributed by atoms with van der Waals surface area (Å²) in [5.74, 6) is -0.687. The highest BCUT2D eigenvalue weighted by molar-refractivity contribution is 5.94. The summed E-state index contributed by atoms with van der Waals surface area (Å²) in [7, 11) is 0. The molecule has 0 amide bonds. The normalized spacial score (nSPS) is 11.9. The lowest BCUT2D eigenvalue weighted by atomic mass is 10.0. The SMILES string of the molecule is CC(=O)c1cc(C(F)F)cc(C(F)(F)F)c1. The Labute approximate surface area is 87.9 Å². The summed E-state index contributed by atoms with van der Waals surface area (Å²) in [6.07, 6.45) is -7.78. The van der Waals surface area contributed by atoms with Crippen LogP contribution in [-0.4, -0.2) is 5.78 Å². The van der Waals surface area contributed by atoms with Crippen molar-refractivity contribution in [2.24, 2.45) is 0 Å². The second-order valence-corrected chi connectivity index (χ2v) is 3.20. The molecule has 0 spiro atoms. The number of halogens is 5. The topological polar surface area (TPSA) is 17.1 Å². The number of benzene rings is 1. The molecule has 1 aromatic rings. The average Bonchev–Trinajstić information content (AvgIpc) is 2.15. The van der Waals surface area contributed by atoms with Crippen LogP contribution in [0.25, 0.3) is 0 Å². The average molecular weight is 238 g/mol. The number of Topliss-reactive ketones (excluding diaryl/α,β-unsaturated/α-hetero) is 1. The van der Waals surface area contributed by atoms with Crippen molar-refractivity contribution in [2.75, 3.05) is 0 Å². The van der Waals surface area contributed by atoms with Crippen LogP contribution in [0.15, 0.2) is 18.2 Å². The number of rotatable bonds is 2. The molecule has 0 radical (unpaired) electrons. The van der Waals surface area contributed by atoms with Crippen LogP contribution >= 0.6 is 0 Å². The van der Waals surface area contributed by atoms with Gasteiger partial charge in [-0.2, -0.15) is 13.2 Å². The fourth-order valence-electron chi connectivity index (χ4n) is 1.14. The van der Waals surface area contributed by atoms with Crippen molar-refractivity contribution in [2.45, 2.75) is 19.5 Å². The smallest absolute Gasteiger partial charge is 0.295 e. The van der Waals surface area contributed by atoms with Crippen LogP contribution in [0.4, 0.5) is 22.0 Å². The van der Waals surface area contributed by atoms with Crippen LogP contribution in [0.5, 0.6) is 0 Å². The van der Waals surface area contributed by atoms with E-state index in [-0.39, 0.29) is 5.56 Å². The Kier molecular flexibility index (Phi) is 3.30. The number of carbonyl (C=O) groups excluding carboxylic acids is 1. The molecular formula is C10H7F5O. The highest BCUT2D eigenvalue weighted by Gasteiger charge is 2.32. The van der Waals surface area contributed by atoms with Gasteiger partial charge in [0.15, 0.2) is 5.78 Å². The van der Waals surface area contributed by atoms with E-state index < -0.39 is 29.5 Å². The van der Waals surface area contributed by atoms with Crippen LogP contribution in [0, 0.1) is 0 Å². The number of hydrogen-bond acceptors (Lipinski definition) is 1. The molecule has 0 N–H and O–H groups in total. The summed E-state index contributed by atoms with van der Waals surface area (Å²) in [6.45, 7) is 1.02. The van der Waals surface area contributed by atoms with Crippen molar-refractivity contribution in [3.63, 3.8) is 0 Å². The third-order valence-corrected chi connectivity index (χ3v) is 1.94. The first kappa shape index (κ1) is 12.6. The van der Waals surface area contributed by atoms with Crippen LogP contribution < -0.4 is 0 Å². The molecule has 16 heavy (non-hydrogen) atoms. The van der Waals surface area contributed by atoms with Gasteiger partial charge in [0.2, 0.25) is 0 Å². The molecule has 0 saturated heterocycles. The molecule has 0 aliphatic carbocycles. The zero-order chi connectivity index (χ0) is 12.5. The lowest BCUT2D eigenvalue weighted by Crippen LogP contribution is -2.08. The van der Waals surface area contributed by atoms with E-state index in [4.69, 9.17) is 0 Å². The van der Waals surface area contributed by atoms with E-state index in [1.54, 1.807) is 0 Å². The van der Waals surface area contributed by atoms with Gasteiger partial charge < -0.3 is 0 Å². The third-order valence-electron chi connectivity index (χ3n) is 1.94. The predicted octanol–water partition coefficient (Wildman–Crippen LogP) is 3.85. The monoisotopic (exact) mass is 238 g/mol. The standard InChI is InChI=1S/C10H7F5O/c1-5(16)6-2-7(9(11)12)4-8(3-6)10(13,14)15/h2-4,9H,1H3. The Balaban J connectivity index is 3.36. The van der Waals surface area contributed by atoms with Gasteiger partial charge in [-0.1, -0.05) is 0 Å². The van der Waals surface area contributed by atoms with Gasteiger partial charge in [-0.25, -0.2) is 8.78 Å². The zero-order valence-electron chi connectivity index (χ0n) is 8.11. The summed E-state index contributed by atoms with van der Waals surface area (Å²) < 4.78 is 61.6. The van der Waals surface area contributed by atoms with Crippen molar-refractivity contribution < 1.29 is 26.7 Å². The molecule has 0 saturated carbocycles. The number of hydrogen-bond donors (Lipinski definition) is 0. The van der Waals surface area contributed by atoms with E-state index in [9.17, 15) is 26.7 Å². The predicted molar refractivity (Wildman–Crippen MR) is 46.4 cm³/mol. The molecule has 1 nitrogen and oxygen atoms in total. The van der Waals surface area contributed by atoms with Gasteiger partial charge >= 0.3 is 6.18 Å². The Morgan fingerprint density at radius 2 is 1.75 bits per heavy atom. The van der Waals surface area contributed by atoms with Crippen molar-refractivity contribution in [1.29, 1.82) is 0 Å². The molecule has 1 rings (SSSR count). The minimum Gasteiger partial charge on any atom is -0.295 e. The molecule has 0 aliphatic heterocycles. The molecule has 0 aromatic heterocycles. The summed E-state index contributed by atoms with van der Waals surface area (Å²) >= 11 is 0. The van der Waals surface area contributed by atoms with Crippen LogP contribution in [0.1, 0.15) is 34.8 Å². The number of alkyl halides is 5. The van der Waals surface area contributed by atoms with Crippen molar-refractivity contribution in [3.05, 3.63) is 34.9 Å². The maximum Gasteiger partial charge on any atom is 0.416 e. The first-order chi connectivity index (χ1) is 7.21. The molecule has 1 aromatic carbocycles. The van der Waals surface area contributed by atoms with Crippen LogP contribution in [-0.2, 0) is 6.18 Å². The third kappa shape index (κ3) is 2.77. The summed E-state index contributed by atoms with van der Waals surface area (Å²) in [6, 6.07) is 1.67. The molecule has 0 bridgehead atoms. The van der Waals surface area contributed by atoms with E-state index in [1.165, 1.54) is 0 Å². The van der Waals surface area contributed by atoms with Gasteiger partial charge in [0.25, 0.3) is 6.43 Å². The molecule has 6 heteroatoms. The van der Waals surface area contributed by atoms with Crippen LogP contribution in [0.2, 0.25) is 0 Å². The van der Waals surface area contributed by atoms with E-state index in [1.807, 2.05) is 0 Å². The van der Waals surface area contributed by atoms with Gasteiger partial charge in [-0.05, 0) is 25.1 Å². The van der Waals surface area contributed by atoms with Gasteiger partial charge in [0.05, 0.1) is 5.56 Å². The van der Waals surface area contributed by atoms with Gasteiger partial charge in [0, 0.05) is 11.1 Å². The van der Waals surface area contributed by atoms with Crippen LogP contribution in [0.3, 0.4) is 0 Å². The largest absolute Gasteiger partial charge is 0.416 e. The Hall–Kier alpha value is -1.46. The second-order valence-electron chi connectivity index (χ2n) is 3.20. The molecular weight excluding hydrogens is 231 g/mol. The highest BCUT2D eigenvalue weighted by Crippen LogP contribution is 2.33. The molecule has 0 heterocycles. The van der Waals surface area contributed by atoms with E-state index in [2.05, 4.69) is 0 Å². The quantitative estimate of drug-likeness (QED) is 0.565. The van der Waals surface area contributed by atoms with E-state index >= 15 is 0 Å². The fraction of sp³-hybridized carbons (Fsp3) is 0.300. The Morgan fingerprint density at radius 1 is 1.19 bits per heavy atom. The minimum absolute atomic E-state index is 0.344. The maximum absolute atomic E-state index is 12.3. The Bertz CT molecular complexity index is 408. The first-order valence-corrected chi connectivity index (χ1v) is 4.23. The second kappa shape index (κ2) is 4.19. The van der Waals surface area contributed by atoms with Crippen molar-refractivity contribution in [1.82, 2.24) is 0 Å². The number of carbonyl (C=O) groups is 1. The molecule has 0 atom stereocenters. The molecule has 0 fully saturated rings. The summed E-state index contributed by atoms with van der Waals surface area (Å²) in [5, 5.41) is 0.